The minimum absolute atomic E-state index is 0.525. The molecule has 2 heterocycles. The fraction of sp³-hybridized carbons (Fsp3) is 0.400. The number of aromatic nitrogens is 2. The highest BCUT2D eigenvalue weighted by molar-refractivity contribution is 5.69. The van der Waals surface area contributed by atoms with Gasteiger partial charge < -0.3 is 15.6 Å². The van der Waals surface area contributed by atoms with Gasteiger partial charge >= 0.3 is 0 Å². The molecule has 0 saturated carbocycles. The second kappa shape index (κ2) is 4.70. The number of hydrogen-bond acceptors (Lipinski definition) is 3. The average molecular weight is 256 g/mol. The Morgan fingerprint density at radius 2 is 2.21 bits per heavy atom. The van der Waals surface area contributed by atoms with Gasteiger partial charge in [-0.2, -0.15) is 0 Å². The summed E-state index contributed by atoms with van der Waals surface area (Å²) in [6.07, 6.45) is 1.13. The maximum atomic E-state index is 5.96. The molecule has 1 aliphatic heterocycles. The third-order valence-electron chi connectivity index (χ3n) is 3.76. The van der Waals surface area contributed by atoms with E-state index >= 15 is 0 Å². The van der Waals surface area contributed by atoms with E-state index in [1.165, 1.54) is 16.7 Å². The molecule has 0 unspecified atom stereocenters. The summed E-state index contributed by atoms with van der Waals surface area (Å²) < 4.78 is 2.22. The van der Waals surface area contributed by atoms with Gasteiger partial charge in [-0.25, -0.2) is 4.98 Å². The molecule has 0 amide bonds. The number of fused-ring (bicyclic) bond motifs is 1. The number of aryl methyl sites for hydroxylation is 2. The minimum atomic E-state index is 0.525. The van der Waals surface area contributed by atoms with E-state index in [2.05, 4.69) is 41.9 Å². The van der Waals surface area contributed by atoms with Crippen LogP contribution in [-0.4, -0.2) is 16.1 Å². The fourth-order valence-electron chi connectivity index (χ4n) is 2.71. The van der Waals surface area contributed by atoms with E-state index in [1.54, 1.807) is 0 Å². The van der Waals surface area contributed by atoms with E-state index < -0.39 is 0 Å². The van der Waals surface area contributed by atoms with Crippen LogP contribution in [0.2, 0.25) is 0 Å². The number of hydrogen-bond donors (Lipinski definition) is 2. The largest absolute Gasteiger partial charge is 0.356 e. The quantitative estimate of drug-likeness (QED) is 0.867. The summed E-state index contributed by atoms with van der Waals surface area (Å²) in [7, 11) is 0. The Labute approximate surface area is 113 Å². The van der Waals surface area contributed by atoms with Crippen LogP contribution in [0.3, 0.4) is 0 Å². The molecule has 1 aromatic carbocycles. The molecule has 0 atom stereocenters. The molecular weight excluding hydrogens is 236 g/mol. The van der Waals surface area contributed by atoms with Crippen LogP contribution >= 0.6 is 0 Å². The zero-order valence-corrected chi connectivity index (χ0v) is 11.5. The summed E-state index contributed by atoms with van der Waals surface area (Å²) in [5.74, 6) is 0.961. The van der Waals surface area contributed by atoms with Crippen LogP contribution in [0, 0.1) is 13.8 Å². The third kappa shape index (κ3) is 2.02. The van der Waals surface area contributed by atoms with Crippen LogP contribution in [0.4, 0.5) is 5.95 Å². The maximum Gasteiger partial charge on any atom is 0.203 e. The first-order valence-corrected chi connectivity index (χ1v) is 6.81. The normalized spacial score (nSPS) is 14.1. The molecule has 0 aliphatic carbocycles. The number of rotatable bonds is 2. The van der Waals surface area contributed by atoms with Crippen molar-refractivity contribution in [3.63, 3.8) is 0 Å². The average Bonchev–Trinajstić information content (AvgIpc) is 2.79. The second-order valence-corrected chi connectivity index (χ2v) is 5.19. The predicted molar refractivity (Wildman–Crippen MR) is 78.1 cm³/mol. The van der Waals surface area contributed by atoms with E-state index in [0.29, 0.717) is 6.54 Å². The highest BCUT2D eigenvalue weighted by Gasteiger charge is 2.20. The lowest BCUT2D eigenvalue weighted by atomic mass is 10.0. The zero-order chi connectivity index (χ0) is 13.4. The van der Waals surface area contributed by atoms with E-state index in [-0.39, 0.29) is 0 Å². The topological polar surface area (TPSA) is 55.9 Å². The first-order chi connectivity index (χ1) is 9.20. The summed E-state index contributed by atoms with van der Waals surface area (Å²) in [6, 6.07) is 6.48. The van der Waals surface area contributed by atoms with Gasteiger partial charge in [0.1, 0.15) is 0 Å². The molecule has 3 rings (SSSR count). The lowest BCUT2D eigenvalue weighted by molar-refractivity contribution is 0.604. The zero-order valence-electron chi connectivity index (χ0n) is 11.5. The first kappa shape index (κ1) is 12.2. The van der Waals surface area contributed by atoms with E-state index in [0.717, 1.165) is 36.8 Å². The summed E-state index contributed by atoms with van der Waals surface area (Å²) in [4.78, 5) is 4.77. The molecular formula is C15H20N4. The van der Waals surface area contributed by atoms with E-state index in [4.69, 9.17) is 10.7 Å². The molecule has 4 heteroatoms. The van der Waals surface area contributed by atoms with Crippen LogP contribution in [0.5, 0.6) is 0 Å². The standard InChI is InChI=1S/C15H20N4/c1-10-4-5-11(2)12(8-10)14-13(9-16)19-7-3-6-17-15(19)18-14/h4-5,8H,3,6-7,9,16H2,1-2H3,(H,17,18). The Morgan fingerprint density at radius 1 is 1.37 bits per heavy atom. The van der Waals surface area contributed by atoms with Gasteiger partial charge in [-0.05, 0) is 31.9 Å². The number of nitrogens with two attached hydrogens (primary N) is 1. The maximum absolute atomic E-state index is 5.96. The van der Waals surface area contributed by atoms with Gasteiger partial charge in [0.15, 0.2) is 0 Å². The Balaban J connectivity index is 2.19. The van der Waals surface area contributed by atoms with Crippen molar-refractivity contribution in [3.05, 3.63) is 35.0 Å². The van der Waals surface area contributed by atoms with Crippen molar-refractivity contribution in [2.75, 3.05) is 11.9 Å². The molecule has 1 aromatic heterocycles. The fourth-order valence-corrected chi connectivity index (χ4v) is 2.71. The summed E-state index contributed by atoms with van der Waals surface area (Å²) in [6.45, 7) is 6.76. The lowest BCUT2D eigenvalue weighted by Gasteiger charge is -2.17. The van der Waals surface area contributed by atoms with Crippen molar-refractivity contribution in [2.24, 2.45) is 5.73 Å². The monoisotopic (exact) mass is 256 g/mol. The molecule has 0 saturated heterocycles. The Bertz CT molecular complexity index is 613. The smallest absolute Gasteiger partial charge is 0.203 e. The van der Waals surface area contributed by atoms with Crippen molar-refractivity contribution in [2.45, 2.75) is 33.4 Å². The first-order valence-electron chi connectivity index (χ1n) is 6.81. The van der Waals surface area contributed by atoms with Crippen molar-refractivity contribution in [1.29, 1.82) is 0 Å². The molecule has 19 heavy (non-hydrogen) atoms. The Kier molecular flexibility index (Phi) is 3.03. The van der Waals surface area contributed by atoms with Gasteiger partial charge in [0.05, 0.1) is 11.4 Å². The van der Waals surface area contributed by atoms with Crippen molar-refractivity contribution in [3.8, 4) is 11.3 Å². The highest BCUT2D eigenvalue weighted by Crippen LogP contribution is 2.30. The highest BCUT2D eigenvalue weighted by atomic mass is 15.2. The van der Waals surface area contributed by atoms with Crippen LogP contribution in [0.1, 0.15) is 23.2 Å². The lowest BCUT2D eigenvalue weighted by Crippen LogP contribution is -2.19. The summed E-state index contributed by atoms with van der Waals surface area (Å²) >= 11 is 0. The van der Waals surface area contributed by atoms with Crippen LogP contribution in [0.15, 0.2) is 18.2 Å². The van der Waals surface area contributed by atoms with Gasteiger partial charge in [0.2, 0.25) is 5.95 Å². The van der Waals surface area contributed by atoms with E-state index in [9.17, 15) is 0 Å². The van der Waals surface area contributed by atoms with Gasteiger partial charge in [-0.1, -0.05) is 17.7 Å². The Morgan fingerprint density at radius 3 is 3.00 bits per heavy atom. The predicted octanol–water partition coefficient (Wildman–Crippen LogP) is 2.44. The Hall–Kier alpha value is -1.81. The van der Waals surface area contributed by atoms with Gasteiger partial charge in [-0.3, -0.25) is 0 Å². The van der Waals surface area contributed by atoms with E-state index in [1.807, 2.05) is 0 Å². The second-order valence-electron chi connectivity index (χ2n) is 5.19. The van der Waals surface area contributed by atoms with Crippen LogP contribution < -0.4 is 11.1 Å². The molecule has 0 spiro atoms. The van der Waals surface area contributed by atoms with Crippen LogP contribution in [-0.2, 0) is 13.1 Å². The van der Waals surface area contributed by atoms with Gasteiger partial charge in [0.25, 0.3) is 0 Å². The molecule has 0 radical (unpaired) electrons. The third-order valence-corrected chi connectivity index (χ3v) is 3.76. The molecule has 0 bridgehead atoms. The molecule has 1 aliphatic rings. The number of benzene rings is 1. The SMILES string of the molecule is Cc1ccc(C)c(-c2nc3n(c2CN)CCCN3)c1. The van der Waals surface area contributed by atoms with Crippen molar-refractivity contribution >= 4 is 5.95 Å². The molecule has 3 N–H and O–H groups in total. The molecule has 100 valence electrons. The minimum Gasteiger partial charge on any atom is -0.356 e. The number of nitrogens with one attached hydrogen (secondary N) is 1. The number of nitrogens with zero attached hydrogens (tertiary/aromatic N) is 2. The van der Waals surface area contributed by atoms with Gasteiger partial charge in [-0.15, -0.1) is 0 Å². The summed E-state index contributed by atoms with van der Waals surface area (Å²) in [5, 5.41) is 3.36. The number of anilines is 1. The molecule has 0 fully saturated rings. The molecule has 4 nitrogen and oxygen atoms in total. The summed E-state index contributed by atoms with van der Waals surface area (Å²) in [5.41, 5.74) is 11.8. The molecule has 2 aromatic rings. The van der Waals surface area contributed by atoms with Crippen molar-refractivity contribution < 1.29 is 0 Å². The van der Waals surface area contributed by atoms with Gasteiger partial charge in [0, 0.05) is 25.2 Å². The van der Waals surface area contributed by atoms with Crippen LogP contribution in [0.25, 0.3) is 11.3 Å². The number of imidazole rings is 1. The van der Waals surface area contributed by atoms with Crippen molar-refractivity contribution in [1.82, 2.24) is 9.55 Å².